The van der Waals surface area contributed by atoms with Crippen LogP contribution in [0.1, 0.15) is 65.7 Å². The van der Waals surface area contributed by atoms with Gasteiger partial charge in [0.1, 0.15) is 0 Å². The van der Waals surface area contributed by atoms with E-state index in [-0.39, 0.29) is 24.0 Å². The SMILES string of the molecule is CC(NC(=O)C(=O)N1C(C)CCCC1C)C1CC2CCC1C2. The van der Waals surface area contributed by atoms with Gasteiger partial charge in [-0.05, 0) is 77.0 Å². The fourth-order valence-corrected chi connectivity index (χ4v) is 5.22. The Kier molecular flexibility index (Phi) is 4.47. The van der Waals surface area contributed by atoms with E-state index in [4.69, 9.17) is 0 Å². The summed E-state index contributed by atoms with van der Waals surface area (Å²) in [6.45, 7) is 6.19. The van der Waals surface area contributed by atoms with Gasteiger partial charge in [0, 0.05) is 18.1 Å². The van der Waals surface area contributed by atoms with E-state index >= 15 is 0 Å². The summed E-state index contributed by atoms with van der Waals surface area (Å²) in [5, 5.41) is 3.01. The van der Waals surface area contributed by atoms with Crippen molar-refractivity contribution in [1.29, 1.82) is 0 Å². The minimum Gasteiger partial charge on any atom is -0.345 e. The second-order valence-electron chi connectivity index (χ2n) is 7.94. The largest absolute Gasteiger partial charge is 0.345 e. The summed E-state index contributed by atoms with van der Waals surface area (Å²) in [6.07, 6.45) is 8.40. The van der Waals surface area contributed by atoms with Gasteiger partial charge >= 0.3 is 11.8 Å². The Balaban J connectivity index is 1.57. The van der Waals surface area contributed by atoms with Crippen LogP contribution in [0.2, 0.25) is 0 Å². The normalized spacial score (nSPS) is 38.9. The maximum Gasteiger partial charge on any atom is 0.312 e. The van der Waals surface area contributed by atoms with Crippen molar-refractivity contribution in [3.63, 3.8) is 0 Å². The predicted molar refractivity (Wildman–Crippen MR) is 86.2 cm³/mol. The Morgan fingerprint density at radius 1 is 1.05 bits per heavy atom. The summed E-state index contributed by atoms with van der Waals surface area (Å²) < 4.78 is 0. The lowest BCUT2D eigenvalue weighted by atomic mass is 9.84. The highest BCUT2D eigenvalue weighted by atomic mass is 16.2. The Morgan fingerprint density at radius 2 is 1.73 bits per heavy atom. The molecule has 4 heteroatoms. The third kappa shape index (κ3) is 2.89. The van der Waals surface area contributed by atoms with Gasteiger partial charge < -0.3 is 10.2 Å². The molecule has 2 bridgehead atoms. The smallest absolute Gasteiger partial charge is 0.312 e. The van der Waals surface area contributed by atoms with Crippen molar-refractivity contribution in [2.75, 3.05) is 0 Å². The molecule has 2 saturated carbocycles. The van der Waals surface area contributed by atoms with Crippen LogP contribution < -0.4 is 5.32 Å². The molecule has 4 nitrogen and oxygen atoms in total. The Labute approximate surface area is 134 Å². The molecule has 0 aromatic heterocycles. The summed E-state index contributed by atoms with van der Waals surface area (Å²) in [4.78, 5) is 26.7. The van der Waals surface area contributed by atoms with Crippen molar-refractivity contribution < 1.29 is 9.59 Å². The van der Waals surface area contributed by atoms with Crippen molar-refractivity contribution in [2.24, 2.45) is 17.8 Å². The highest BCUT2D eigenvalue weighted by molar-refractivity contribution is 6.35. The predicted octanol–water partition coefficient (Wildman–Crippen LogP) is 2.72. The lowest BCUT2D eigenvalue weighted by molar-refractivity contribution is -0.150. The fraction of sp³-hybridized carbons (Fsp3) is 0.889. The first-order valence-corrected chi connectivity index (χ1v) is 9.10. The maximum absolute atomic E-state index is 12.5. The van der Waals surface area contributed by atoms with Gasteiger partial charge in [0.2, 0.25) is 0 Å². The topological polar surface area (TPSA) is 49.4 Å². The minimum atomic E-state index is -0.393. The van der Waals surface area contributed by atoms with Crippen LogP contribution in [-0.2, 0) is 9.59 Å². The van der Waals surface area contributed by atoms with Crippen molar-refractivity contribution in [3.8, 4) is 0 Å². The standard InChI is InChI=1S/C18H30N2O2/c1-11-5-4-6-12(2)20(11)18(22)17(21)19-13(3)16-10-14-7-8-15(16)9-14/h11-16H,4-10H2,1-3H3,(H,19,21). The number of hydrogen-bond donors (Lipinski definition) is 1. The van der Waals surface area contributed by atoms with Crippen molar-refractivity contribution >= 4 is 11.8 Å². The molecule has 3 aliphatic rings. The van der Waals surface area contributed by atoms with Crippen LogP contribution in [-0.4, -0.2) is 34.8 Å². The number of nitrogens with zero attached hydrogens (tertiary/aromatic N) is 1. The molecule has 6 atom stereocenters. The molecule has 1 heterocycles. The first-order valence-electron chi connectivity index (χ1n) is 9.10. The molecule has 0 aromatic rings. The number of hydrogen-bond acceptors (Lipinski definition) is 2. The monoisotopic (exact) mass is 306 g/mol. The van der Waals surface area contributed by atoms with E-state index in [1.807, 2.05) is 0 Å². The number of carbonyl (C=O) groups is 2. The van der Waals surface area contributed by atoms with Crippen LogP contribution in [0.3, 0.4) is 0 Å². The first kappa shape index (κ1) is 15.8. The van der Waals surface area contributed by atoms with E-state index in [2.05, 4.69) is 26.1 Å². The molecule has 3 rings (SSSR count). The molecule has 124 valence electrons. The molecule has 1 N–H and O–H groups in total. The van der Waals surface area contributed by atoms with Gasteiger partial charge in [0.25, 0.3) is 0 Å². The van der Waals surface area contributed by atoms with Gasteiger partial charge in [0.05, 0.1) is 0 Å². The lowest BCUT2D eigenvalue weighted by Gasteiger charge is -2.39. The number of amides is 2. The zero-order valence-electron chi connectivity index (χ0n) is 14.2. The molecule has 0 spiro atoms. The summed E-state index contributed by atoms with van der Waals surface area (Å²) in [7, 11) is 0. The van der Waals surface area contributed by atoms with Crippen molar-refractivity contribution in [3.05, 3.63) is 0 Å². The first-order chi connectivity index (χ1) is 10.5. The molecule has 0 aromatic carbocycles. The van der Waals surface area contributed by atoms with Crippen LogP contribution >= 0.6 is 0 Å². The third-order valence-electron chi connectivity index (χ3n) is 6.42. The highest BCUT2D eigenvalue weighted by Gasteiger charge is 2.43. The van der Waals surface area contributed by atoms with Crippen LogP contribution in [0, 0.1) is 17.8 Å². The number of likely N-dealkylation sites (tertiary alicyclic amines) is 1. The summed E-state index contributed by atoms with van der Waals surface area (Å²) >= 11 is 0. The van der Waals surface area contributed by atoms with E-state index in [1.165, 1.54) is 25.7 Å². The van der Waals surface area contributed by atoms with Crippen LogP contribution in [0.4, 0.5) is 0 Å². The van der Waals surface area contributed by atoms with E-state index in [9.17, 15) is 9.59 Å². The van der Waals surface area contributed by atoms with E-state index in [1.54, 1.807) is 4.90 Å². The van der Waals surface area contributed by atoms with Gasteiger partial charge in [-0.25, -0.2) is 0 Å². The number of nitrogens with one attached hydrogen (secondary N) is 1. The third-order valence-corrected chi connectivity index (χ3v) is 6.42. The van der Waals surface area contributed by atoms with E-state index in [0.29, 0.717) is 5.92 Å². The second kappa shape index (κ2) is 6.21. The molecule has 2 aliphatic carbocycles. The number of carbonyl (C=O) groups excluding carboxylic acids is 2. The molecule has 1 saturated heterocycles. The zero-order valence-corrected chi connectivity index (χ0v) is 14.2. The van der Waals surface area contributed by atoms with Gasteiger partial charge in [-0.1, -0.05) is 6.42 Å². The Bertz CT molecular complexity index is 440. The van der Waals surface area contributed by atoms with Gasteiger partial charge in [-0.3, -0.25) is 9.59 Å². The average molecular weight is 306 g/mol. The molecule has 6 unspecified atom stereocenters. The minimum absolute atomic E-state index is 0.127. The van der Waals surface area contributed by atoms with Crippen LogP contribution in [0.5, 0.6) is 0 Å². The molecule has 0 radical (unpaired) electrons. The van der Waals surface area contributed by atoms with Gasteiger partial charge in [-0.15, -0.1) is 0 Å². The highest BCUT2D eigenvalue weighted by Crippen LogP contribution is 2.49. The lowest BCUT2D eigenvalue weighted by Crippen LogP contribution is -2.54. The molecular formula is C18H30N2O2. The average Bonchev–Trinajstić information content (AvgIpc) is 3.09. The number of rotatable bonds is 2. The van der Waals surface area contributed by atoms with Gasteiger partial charge in [-0.2, -0.15) is 0 Å². The van der Waals surface area contributed by atoms with Gasteiger partial charge in [0.15, 0.2) is 0 Å². The van der Waals surface area contributed by atoms with Crippen molar-refractivity contribution in [1.82, 2.24) is 10.2 Å². The molecule has 2 amide bonds. The van der Waals surface area contributed by atoms with Crippen LogP contribution in [0.25, 0.3) is 0 Å². The Hall–Kier alpha value is -1.06. The maximum atomic E-state index is 12.5. The fourth-order valence-electron chi connectivity index (χ4n) is 5.22. The molecule has 1 aliphatic heterocycles. The van der Waals surface area contributed by atoms with Crippen LogP contribution in [0.15, 0.2) is 0 Å². The number of fused-ring (bicyclic) bond motifs is 2. The molecule has 3 fully saturated rings. The Morgan fingerprint density at radius 3 is 2.27 bits per heavy atom. The molecular weight excluding hydrogens is 276 g/mol. The molecule has 22 heavy (non-hydrogen) atoms. The quantitative estimate of drug-likeness (QED) is 0.798. The van der Waals surface area contributed by atoms with E-state index < -0.39 is 5.91 Å². The zero-order chi connectivity index (χ0) is 15.9. The summed E-state index contributed by atoms with van der Waals surface area (Å²) in [5.74, 6) is 1.49. The van der Waals surface area contributed by atoms with E-state index in [0.717, 1.165) is 31.1 Å². The summed E-state index contributed by atoms with van der Waals surface area (Å²) in [6, 6.07) is 0.488. The van der Waals surface area contributed by atoms with Crippen molar-refractivity contribution in [2.45, 2.75) is 83.8 Å². The number of piperidine rings is 1. The second-order valence-corrected chi connectivity index (χ2v) is 7.94. The summed E-state index contributed by atoms with van der Waals surface area (Å²) in [5.41, 5.74) is 0.